The third-order valence-corrected chi connectivity index (χ3v) is 3.30. The summed E-state index contributed by atoms with van der Waals surface area (Å²) >= 11 is 0. The largest absolute Gasteiger partial charge is 0.491 e. The molecule has 3 N–H and O–H groups in total. The fourth-order valence-electron chi connectivity index (χ4n) is 1.91. The van der Waals surface area contributed by atoms with Crippen molar-refractivity contribution in [3.63, 3.8) is 0 Å². The van der Waals surface area contributed by atoms with Crippen molar-refractivity contribution < 1.29 is 9.53 Å². The van der Waals surface area contributed by atoms with Crippen LogP contribution in [-0.2, 0) is 18.4 Å². The van der Waals surface area contributed by atoms with Crippen LogP contribution in [0.4, 0.5) is 5.69 Å². The Balaban J connectivity index is 1.99. The Morgan fingerprint density at radius 1 is 1.43 bits per heavy atom. The summed E-state index contributed by atoms with van der Waals surface area (Å²) in [5, 5.41) is 7.54. The molecule has 6 nitrogen and oxygen atoms in total. The van der Waals surface area contributed by atoms with Gasteiger partial charge in [0.05, 0.1) is 24.9 Å². The number of nitrogens with two attached hydrogens (primary N) is 1. The minimum Gasteiger partial charge on any atom is -0.491 e. The van der Waals surface area contributed by atoms with Crippen LogP contribution in [0, 0.1) is 6.92 Å². The molecule has 112 valence electrons. The molecule has 2 aromatic rings. The van der Waals surface area contributed by atoms with Crippen molar-refractivity contribution in [1.82, 2.24) is 9.78 Å². The predicted molar refractivity (Wildman–Crippen MR) is 81.0 cm³/mol. The van der Waals surface area contributed by atoms with Gasteiger partial charge in [0, 0.05) is 24.8 Å². The molecule has 0 unspecified atom stereocenters. The van der Waals surface area contributed by atoms with Crippen LogP contribution in [0.2, 0.25) is 0 Å². The first kappa shape index (κ1) is 14.9. The van der Waals surface area contributed by atoms with E-state index < -0.39 is 0 Å². The van der Waals surface area contributed by atoms with E-state index in [0.717, 1.165) is 16.9 Å². The van der Waals surface area contributed by atoms with Gasteiger partial charge in [-0.15, -0.1) is 0 Å². The first-order valence-corrected chi connectivity index (χ1v) is 6.79. The number of ether oxygens (including phenoxy) is 1. The standard InChI is InChI=1S/C15H20N4O2/c1-11-12(10-18-19(11)2)9-17-13-5-3-4-6-14(13)21-8-7-15(16)20/h3-6,10,17H,7-9H2,1-2H3,(H2,16,20). The van der Waals surface area contributed by atoms with E-state index in [2.05, 4.69) is 10.4 Å². The normalized spacial score (nSPS) is 10.4. The zero-order valence-corrected chi connectivity index (χ0v) is 12.3. The molecule has 0 radical (unpaired) electrons. The lowest BCUT2D eigenvalue weighted by Gasteiger charge is -2.12. The summed E-state index contributed by atoms with van der Waals surface area (Å²) in [7, 11) is 1.92. The van der Waals surface area contributed by atoms with E-state index in [0.29, 0.717) is 12.3 Å². The zero-order chi connectivity index (χ0) is 15.2. The Morgan fingerprint density at radius 2 is 2.19 bits per heavy atom. The van der Waals surface area contributed by atoms with E-state index in [1.165, 1.54) is 0 Å². The number of aromatic nitrogens is 2. The number of rotatable bonds is 7. The Hall–Kier alpha value is -2.50. The average Bonchev–Trinajstić information content (AvgIpc) is 2.77. The fourth-order valence-corrected chi connectivity index (χ4v) is 1.91. The molecule has 0 aliphatic heterocycles. The van der Waals surface area contributed by atoms with Gasteiger partial charge in [-0.25, -0.2) is 0 Å². The van der Waals surface area contributed by atoms with E-state index in [4.69, 9.17) is 10.5 Å². The summed E-state index contributed by atoms with van der Waals surface area (Å²) < 4.78 is 7.43. The highest BCUT2D eigenvalue weighted by Gasteiger charge is 2.06. The molecule has 1 heterocycles. The first-order chi connectivity index (χ1) is 10.1. The molecule has 1 aromatic carbocycles. The lowest BCUT2D eigenvalue weighted by molar-refractivity contribution is -0.118. The van der Waals surface area contributed by atoms with Gasteiger partial charge in [-0.1, -0.05) is 12.1 Å². The van der Waals surface area contributed by atoms with Crippen LogP contribution in [0.1, 0.15) is 17.7 Å². The summed E-state index contributed by atoms with van der Waals surface area (Å²) in [4.78, 5) is 10.7. The maximum absolute atomic E-state index is 10.7. The van der Waals surface area contributed by atoms with Gasteiger partial charge in [0.15, 0.2) is 0 Å². The van der Waals surface area contributed by atoms with Crippen LogP contribution in [0.5, 0.6) is 5.75 Å². The van der Waals surface area contributed by atoms with Crippen molar-refractivity contribution in [1.29, 1.82) is 0 Å². The fraction of sp³-hybridized carbons (Fsp3) is 0.333. The van der Waals surface area contributed by atoms with Crippen LogP contribution < -0.4 is 15.8 Å². The molecule has 0 spiro atoms. The van der Waals surface area contributed by atoms with Crippen LogP contribution in [0.25, 0.3) is 0 Å². The highest BCUT2D eigenvalue weighted by Crippen LogP contribution is 2.24. The van der Waals surface area contributed by atoms with Crippen molar-refractivity contribution in [2.24, 2.45) is 12.8 Å². The third-order valence-electron chi connectivity index (χ3n) is 3.30. The molecule has 0 bridgehead atoms. The minimum absolute atomic E-state index is 0.204. The number of para-hydroxylation sites is 2. The lowest BCUT2D eigenvalue weighted by Crippen LogP contribution is -2.15. The van der Waals surface area contributed by atoms with Gasteiger partial charge in [0.1, 0.15) is 5.75 Å². The van der Waals surface area contributed by atoms with Gasteiger partial charge in [-0.05, 0) is 19.1 Å². The van der Waals surface area contributed by atoms with Gasteiger partial charge in [0.25, 0.3) is 0 Å². The summed E-state index contributed by atoms with van der Waals surface area (Å²) in [5.41, 5.74) is 8.23. The summed E-state index contributed by atoms with van der Waals surface area (Å²) in [5.74, 6) is 0.340. The van der Waals surface area contributed by atoms with E-state index in [1.54, 1.807) is 0 Å². The Morgan fingerprint density at radius 3 is 2.86 bits per heavy atom. The number of nitrogens with zero attached hydrogens (tertiary/aromatic N) is 2. The van der Waals surface area contributed by atoms with Crippen molar-refractivity contribution >= 4 is 11.6 Å². The van der Waals surface area contributed by atoms with Gasteiger partial charge >= 0.3 is 0 Å². The molecule has 0 saturated heterocycles. The predicted octanol–water partition coefficient (Wildman–Crippen LogP) is 1.59. The average molecular weight is 288 g/mol. The van der Waals surface area contributed by atoms with Gasteiger partial charge in [-0.3, -0.25) is 9.48 Å². The molecule has 0 atom stereocenters. The number of nitrogens with one attached hydrogen (secondary N) is 1. The van der Waals surface area contributed by atoms with Crippen molar-refractivity contribution in [3.8, 4) is 5.75 Å². The van der Waals surface area contributed by atoms with E-state index in [1.807, 2.05) is 49.1 Å². The van der Waals surface area contributed by atoms with Gasteiger partial charge in [-0.2, -0.15) is 5.10 Å². The van der Waals surface area contributed by atoms with Crippen LogP contribution >= 0.6 is 0 Å². The number of carbonyl (C=O) groups excluding carboxylic acids is 1. The number of aryl methyl sites for hydroxylation is 1. The number of anilines is 1. The van der Waals surface area contributed by atoms with E-state index in [-0.39, 0.29) is 18.9 Å². The maximum atomic E-state index is 10.7. The molecule has 0 fully saturated rings. The van der Waals surface area contributed by atoms with Crippen LogP contribution in [-0.4, -0.2) is 22.3 Å². The minimum atomic E-state index is -0.369. The number of hydrogen-bond acceptors (Lipinski definition) is 4. The number of amides is 1. The summed E-state index contributed by atoms with van der Waals surface area (Å²) in [6.45, 7) is 2.97. The second-order valence-electron chi connectivity index (χ2n) is 4.79. The van der Waals surface area contributed by atoms with Gasteiger partial charge < -0.3 is 15.8 Å². The smallest absolute Gasteiger partial charge is 0.220 e. The number of carbonyl (C=O) groups is 1. The summed E-state index contributed by atoms with van der Waals surface area (Å²) in [6.07, 6.45) is 2.05. The Kier molecular flexibility index (Phi) is 4.81. The lowest BCUT2D eigenvalue weighted by atomic mass is 10.2. The molecular weight excluding hydrogens is 268 g/mol. The monoisotopic (exact) mass is 288 g/mol. The molecular formula is C15H20N4O2. The van der Waals surface area contributed by atoms with Crippen LogP contribution in [0.3, 0.4) is 0 Å². The SMILES string of the molecule is Cc1c(CNc2ccccc2OCCC(N)=O)cnn1C. The molecule has 21 heavy (non-hydrogen) atoms. The second-order valence-corrected chi connectivity index (χ2v) is 4.79. The van der Waals surface area contributed by atoms with Crippen molar-refractivity contribution in [2.75, 3.05) is 11.9 Å². The first-order valence-electron chi connectivity index (χ1n) is 6.79. The molecule has 0 saturated carbocycles. The molecule has 1 amide bonds. The van der Waals surface area contributed by atoms with E-state index in [9.17, 15) is 4.79 Å². The van der Waals surface area contributed by atoms with Gasteiger partial charge in [0.2, 0.25) is 5.91 Å². The molecule has 2 rings (SSSR count). The maximum Gasteiger partial charge on any atom is 0.220 e. The highest BCUT2D eigenvalue weighted by atomic mass is 16.5. The number of benzene rings is 1. The molecule has 0 aliphatic rings. The molecule has 0 aliphatic carbocycles. The highest BCUT2D eigenvalue weighted by molar-refractivity contribution is 5.73. The Bertz CT molecular complexity index is 622. The zero-order valence-electron chi connectivity index (χ0n) is 12.3. The van der Waals surface area contributed by atoms with Crippen molar-refractivity contribution in [2.45, 2.75) is 19.9 Å². The Labute approximate surface area is 123 Å². The number of primary amides is 1. The molecule has 1 aromatic heterocycles. The number of hydrogen-bond donors (Lipinski definition) is 2. The quantitative estimate of drug-likeness (QED) is 0.810. The summed E-state index contributed by atoms with van der Waals surface area (Å²) in [6, 6.07) is 7.62. The topological polar surface area (TPSA) is 82.2 Å². The van der Waals surface area contributed by atoms with Crippen molar-refractivity contribution in [3.05, 3.63) is 41.7 Å². The third kappa shape index (κ3) is 3.98. The van der Waals surface area contributed by atoms with Crippen LogP contribution in [0.15, 0.2) is 30.5 Å². The second kappa shape index (κ2) is 6.78. The van der Waals surface area contributed by atoms with E-state index >= 15 is 0 Å². The molecule has 6 heteroatoms.